The monoisotopic (exact) mass is 1090 g/mol. The second kappa shape index (κ2) is 25.3. The molecule has 10 unspecified atom stereocenters. The van der Waals surface area contributed by atoms with Crippen LogP contribution in [0.15, 0.2) is 0 Å². The summed E-state index contributed by atoms with van der Waals surface area (Å²) in [5.74, 6) is 16.8. The lowest BCUT2D eigenvalue weighted by Gasteiger charge is -2.68. The molecule has 0 aliphatic heterocycles. The molecule has 12 aliphatic carbocycles. The Morgan fingerprint density at radius 1 is 0.350 bits per heavy atom. The Balaban J connectivity index is 0.873. The summed E-state index contributed by atoms with van der Waals surface area (Å²) in [6.07, 6.45) is 55.0. The Hall–Kier alpha value is -1.10. The van der Waals surface area contributed by atoms with Gasteiger partial charge in [0.25, 0.3) is 0 Å². The third-order valence-electron chi connectivity index (χ3n) is 29.5. The molecule has 0 aromatic rings. The molecule has 4 heteroatoms. The van der Waals surface area contributed by atoms with Gasteiger partial charge in [-0.15, -0.1) is 0 Å². The van der Waals surface area contributed by atoms with Crippen molar-refractivity contribution in [2.75, 3.05) is 0 Å². The van der Waals surface area contributed by atoms with Crippen LogP contribution in [0, 0.1) is 141 Å². The first-order valence-corrected chi connectivity index (χ1v) is 36.9. The van der Waals surface area contributed by atoms with Gasteiger partial charge in [0, 0.05) is 55.0 Å². The molecule has 12 saturated carbocycles. The average molecular weight is 1100 g/mol. The standard InChI is InChI=1S/C76H126N4/c1-49-10-34-61(35-11-49)79(63-38-24-54(25-39-63)52-18-28-58(29-19-52)75(3,4)5)71-46-69(56-16-14-51(48-77)15-17-56)65-42-44-68-72(47-70(57-22-32-60(78-9)33-23-57)66-43-45-67(71)73(65)74(66)68)80(62-36-12-50(2)13-37-62)64-40-26-55(27-41-64)53-20-30-59(31-21-53)76(6,7)8/h49-74H,10-47H2,1-8H3. The molecule has 12 aliphatic rings. The van der Waals surface area contributed by atoms with E-state index in [4.69, 9.17) is 6.57 Å². The molecule has 4 nitrogen and oxygen atoms in total. The summed E-state index contributed by atoms with van der Waals surface area (Å²) in [5.41, 5.74) is 0.945. The molecule has 0 saturated heterocycles. The molecule has 450 valence electrons. The van der Waals surface area contributed by atoms with Gasteiger partial charge in [-0.1, -0.05) is 55.4 Å². The van der Waals surface area contributed by atoms with Crippen molar-refractivity contribution in [3.8, 4) is 6.07 Å². The van der Waals surface area contributed by atoms with Crippen LogP contribution in [-0.2, 0) is 0 Å². The molecule has 0 aromatic heterocycles. The van der Waals surface area contributed by atoms with Crippen LogP contribution in [0.5, 0.6) is 0 Å². The average Bonchev–Trinajstić information content (AvgIpc) is 3.60. The van der Waals surface area contributed by atoms with Gasteiger partial charge in [0.15, 0.2) is 0 Å². The van der Waals surface area contributed by atoms with Gasteiger partial charge in [0.05, 0.1) is 6.07 Å². The van der Waals surface area contributed by atoms with Crippen LogP contribution < -0.4 is 0 Å². The third-order valence-corrected chi connectivity index (χ3v) is 29.5. The predicted octanol–water partition coefficient (Wildman–Crippen LogP) is 20.4. The van der Waals surface area contributed by atoms with Gasteiger partial charge in [0.2, 0.25) is 6.04 Å². The highest BCUT2D eigenvalue weighted by Crippen LogP contribution is 2.67. The summed E-state index contributed by atoms with van der Waals surface area (Å²) in [5, 5.41) is 10.3. The van der Waals surface area contributed by atoms with E-state index in [0.29, 0.717) is 16.7 Å². The molecule has 0 radical (unpaired) electrons. The number of nitrogens with zero attached hydrogens (tertiary/aromatic N) is 4. The van der Waals surface area contributed by atoms with E-state index in [-0.39, 0.29) is 6.04 Å². The summed E-state index contributed by atoms with van der Waals surface area (Å²) in [7, 11) is 0. The number of hydrogen-bond donors (Lipinski definition) is 0. The van der Waals surface area contributed by atoms with Gasteiger partial charge in [0.1, 0.15) is 0 Å². The van der Waals surface area contributed by atoms with Crippen molar-refractivity contribution < 1.29 is 0 Å². The maximum absolute atomic E-state index is 10.3. The minimum absolute atomic E-state index is 0.288. The van der Waals surface area contributed by atoms with Crippen molar-refractivity contribution in [3.05, 3.63) is 11.4 Å². The minimum Gasteiger partial charge on any atom is -0.314 e. The number of nitriles is 1. The Morgan fingerprint density at radius 2 is 0.650 bits per heavy atom. The first-order chi connectivity index (χ1) is 38.6. The zero-order valence-electron chi connectivity index (χ0n) is 53.7. The molecule has 0 amide bonds. The third kappa shape index (κ3) is 12.4. The normalized spacial score (nSPS) is 48.8. The van der Waals surface area contributed by atoms with Crippen LogP contribution in [0.4, 0.5) is 0 Å². The summed E-state index contributed by atoms with van der Waals surface area (Å²) in [4.78, 5) is 11.3. The number of rotatable bonds is 10. The van der Waals surface area contributed by atoms with E-state index >= 15 is 0 Å². The number of hydrogen-bond acceptors (Lipinski definition) is 3. The molecule has 0 N–H and O–H groups in total. The molecular weight excluding hydrogens is 969 g/mol. The molecule has 10 atom stereocenters. The van der Waals surface area contributed by atoms with E-state index in [1.807, 2.05) is 0 Å². The summed E-state index contributed by atoms with van der Waals surface area (Å²) in [6, 6.07) is 7.90. The zero-order chi connectivity index (χ0) is 55.5. The van der Waals surface area contributed by atoms with Crippen molar-refractivity contribution in [1.82, 2.24) is 9.80 Å². The zero-order valence-corrected chi connectivity index (χ0v) is 53.7. The van der Waals surface area contributed by atoms with Gasteiger partial charge in [-0.2, -0.15) is 5.26 Å². The maximum Gasteiger partial charge on any atom is 0.223 e. The maximum atomic E-state index is 10.3. The predicted molar refractivity (Wildman–Crippen MR) is 334 cm³/mol. The van der Waals surface area contributed by atoms with Crippen molar-refractivity contribution >= 4 is 0 Å². The van der Waals surface area contributed by atoms with Crippen LogP contribution in [0.3, 0.4) is 0 Å². The van der Waals surface area contributed by atoms with E-state index in [0.717, 1.165) is 143 Å². The second-order valence-corrected chi connectivity index (χ2v) is 35.2. The van der Waals surface area contributed by atoms with Crippen LogP contribution in [0.2, 0.25) is 0 Å². The topological polar surface area (TPSA) is 34.6 Å². The molecule has 12 rings (SSSR count). The fraction of sp³-hybridized carbons (Fsp3) is 0.974. The molecule has 0 bridgehead atoms. The van der Waals surface area contributed by atoms with E-state index < -0.39 is 0 Å². The molecular formula is C76H126N4. The Bertz CT molecular complexity index is 1870. The Kier molecular flexibility index (Phi) is 18.7. The molecule has 0 heterocycles. The van der Waals surface area contributed by atoms with Gasteiger partial charge >= 0.3 is 0 Å². The summed E-state index contributed by atoms with van der Waals surface area (Å²) < 4.78 is 0. The SMILES string of the molecule is [C-]#[N+]C1CCC(C2CC(N(C3CCC(C)CC3)C3CCC(C4CCC(C(C)(C)C)CC4)CC3)C3CCC4C(C5CCC(C#N)CC5)CC(N(C5CCC(C)CC5)C5CCC(C6CCC(C(C)(C)C)CC6)CC5)C5CCC2C3C45)CC1. The van der Waals surface area contributed by atoms with E-state index in [1.54, 1.807) is 0 Å². The van der Waals surface area contributed by atoms with Crippen molar-refractivity contribution in [2.45, 2.75) is 342 Å². The van der Waals surface area contributed by atoms with Gasteiger partial charge in [-0.05, 0) is 349 Å². The lowest BCUT2D eigenvalue weighted by molar-refractivity contribution is -0.190. The van der Waals surface area contributed by atoms with Gasteiger partial charge in [-0.3, -0.25) is 9.80 Å². The van der Waals surface area contributed by atoms with E-state index in [1.165, 1.54) is 244 Å². The lowest BCUT2D eigenvalue weighted by Crippen LogP contribution is -2.67. The van der Waals surface area contributed by atoms with Crippen LogP contribution in [0.25, 0.3) is 4.85 Å². The van der Waals surface area contributed by atoms with Gasteiger partial charge in [-0.25, -0.2) is 6.57 Å². The molecule has 80 heavy (non-hydrogen) atoms. The minimum atomic E-state index is 0.288. The summed E-state index contributed by atoms with van der Waals surface area (Å²) >= 11 is 0. The first-order valence-electron chi connectivity index (χ1n) is 36.9. The Labute approximate surface area is 495 Å². The highest BCUT2D eigenvalue weighted by molar-refractivity contribution is 5.14. The van der Waals surface area contributed by atoms with Crippen LogP contribution >= 0.6 is 0 Å². The molecule has 0 spiro atoms. The van der Waals surface area contributed by atoms with Crippen molar-refractivity contribution in [1.29, 1.82) is 5.26 Å². The quantitative estimate of drug-likeness (QED) is 0.205. The molecule has 12 fully saturated rings. The fourth-order valence-electron chi connectivity index (χ4n) is 25.0. The van der Waals surface area contributed by atoms with Crippen molar-refractivity contribution in [2.24, 2.45) is 123 Å². The van der Waals surface area contributed by atoms with Crippen LogP contribution in [0.1, 0.15) is 299 Å². The Morgan fingerprint density at radius 3 is 0.975 bits per heavy atom. The van der Waals surface area contributed by atoms with E-state index in [2.05, 4.69) is 76.1 Å². The second-order valence-electron chi connectivity index (χ2n) is 35.2. The summed E-state index contributed by atoms with van der Waals surface area (Å²) in [6.45, 7) is 28.5. The fourth-order valence-corrected chi connectivity index (χ4v) is 25.0. The smallest absolute Gasteiger partial charge is 0.223 e. The first kappa shape index (κ1) is 59.2. The largest absolute Gasteiger partial charge is 0.314 e. The van der Waals surface area contributed by atoms with Crippen molar-refractivity contribution in [3.63, 3.8) is 0 Å². The highest BCUT2D eigenvalue weighted by atomic mass is 15.2. The van der Waals surface area contributed by atoms with Gasteiger partial charge < -0.3 is 4.85 Å². The van der Waals surface area contributed by atoms with E-state index in [9.17, 15) is 5.26 Å². The lowest BCUT2D eigenvalue weighted by atomic mass is 9.41. The highest BCUT2D eigenvalue weighted by Gasteiger charge is 2.63. The molecule has 0 aromatic carbocycles. The van der Waals surface area contributed by atoms with Crippen LogP contribution in [-0.4, -0.2) is 52.1 Å².